The van der Waals surface area contributed by atoms with Gasteiger partial charge in [-0.05, 0) is 12.8 Å². The molecule has 3 heterocycles. The van der Waals surface area contributed by atoms with Crippen molar-refractivity contribution in [3.63, 3.8) is 0 Å². The molecule has 0 spiro atoms. The van der Waals surface area contributed by atoms with Gasteiger partial charge in [0.2, 0.25) is 0 Å². The van der Waals surface area contributed by atoms with E-state index in [9.17, 15) is 26.4 Å². The van der Waals surface area contributed by atoms with E-state index in [4.69, 9.17) is 20.2 Å². The van der Waals surface area contributed by atoms with Gasteiger partial charge in [-0.1, -0.05) is 5.21 Å². The van der Waals surface area contributed by atoms with Gasteiger partial charge < -0.3 is 15.7 Å². The molecule has 3 rings (SSSR count). The first-order chi connectivity index (χ1) is 13.3. The Hall–Kier alpha value is -2.50. The highest BCUT2D eigenvalue weighted by Crippen LogP contribution is 2.31. The van der Waals surface area contributed by atoms with Crippen LogP contribution in [-0.2, 0) is 32.6 Å². The highest BCUT2D eigenvalue weighted by atomic mass is 32.3. The van der Waals surface area contributed by atoms with E-state index in [1.807, 2.05) is 0 Å². The van der Waals surface area contributed by atoms with E-state index in [-0.39, 0.29) is 18.6 Å². The lowest BCUT2D eigenvalue weighted by atomic mass is 10.0. The van der Waals surface area contributed by atoms with Crippen LogP contribution in [0, 0.1) is 0 Å². The number of hydrogen-bond donors (Lipinski definition) is 3. The molecule has 2 amide bonds. The van der Waals surface area contributed by atoms with Crippen LogP contribution in [0.25, 0.3) is 0 Å². The van der Waals surface area contributed by atoms with Gasteiger partial charge >= 0.3 is 28.6 Å². The van der Waals surface area contributed by atoms with Crippen molar-refractivity contribution < 1.29 is 45.1 Å². The molecule has 0 aromatic carbocycles. The molecule has 0 unspecified atom stereocenters. The zero-order valence-electron chi connectivity index (χ0n) is 14.6. The Morgan fingerprint density at radius 3 is 2.48 bits per heavy atom. The first-order valence-corrected chi connectivity index (χ1v) is 9.34. The second-order valence-corrected chi connectivity index (χ2v) is 7.09. The summed E-state index contributed by atoms with van der Waals surface area (Å²) >= 11 is 0. The second-order valence-electron chi connectivity index (χ2n) is 6.09. The zero-order valence-corrected chi connectivity index (χ0v) is 15.4. The lowest BCUT2D eigenvalue weighted by Crippen LogP contribution is -2.42. The maximum atomic E-state index is 12.2. The largest absolute Gasteiger partial charge is 0.490 e. The van der Waals surface area contributed by atoms with Crippen molar-refractivity contribution in [2.75, 3.05) is 6.54 Å². The predicted octanol–water partition coefficient (Wildman–Crippen LogP) is -0.627. The molecule has 1 aromatic heterocycles. The normalized spacial score (nSPS) is 21.8. The summed E-state index contributed by atoms with van der Waals surface area (Å²) in [4.78, 5) is 22.6. The lowest BCUT2D eigenvalue weighted by molar-refractivity contribution is -0.192. The summed E-state index contributed by atoms with van der Waals surface area (Å²) in [6, 6.07) is -1.11. The van der Waals surface area contributed by atoms with Gasteiger partial charge in [0.1, 0.15) is 0 Å². The SMILES string of the molecule is NCc1cn(C[C@@H]2CC[C@@H]3CN2C(=O)N3OS(=O)(=O)O)nn1.O=C(O)C(F)(F)F. The number of rotatable bonds is 5. The van der Waals surface area contributed by atoms with Crippen LogP contribution in [0.1, 0.15) is 18.5 Å². The molecule has 0 radical (unpaired) electrons. The second kappa shape index (κ2) is 8.47. The van der Waals surface area contributed by atoms with Crippen molar-refractivity contribution in [1.82, 2.24) is 25.0 Å². The molecular formula is C12H17F3N6O7S. The van der Waals surface area contributed by atoms with E-state index in [2.05, 4.69) is 14.6 Å². The summed E-state index contributed by atoms with van der Waals surface area (Å²) in [6.07, 6.45) is -2.14. The number of alkyl halides is 3. The number of nitrogens with two attached hydrogens (primary N) is 1. The third kappa shape index (κ3) is 5.99. The third-order valence-corrected chi connectivity index (χ3v) is 4.41. The van der Waals surface area contributed by atoms with E-state index < -0.39 is 28.6 Å². The van der Waals surface area contributed by atoms with E-state index in [0.717, 1.165) is 5.06 Å². The van der Waals surface area contributed by atoms with Crippen molar-refractivity contribution in [2.45, 2.75) is 44.2 Å². The fourth-order valence-corrected chi connectivity index (χ4v) is 3.23. The fraction of sp³-hybridized carbons (Fsp3) is 0.667. The van der Waals surface area contributed by atoms with Crippen molar-refractivity contribution in [3.8, 4) is 0 Å². The molecule has 2 aliphatic heterocycles. The number of amides is 2. The molecule has 0 aliphatic carbocycles. The van der Waals surface area contributed by atoms with Crippen LogP contribution in [0.15, 0.2) is 6.20 Å². The van der Waals surface area contributed by atoms with Gasteiger partial charge in [0, 0.05) is 19.3 Å². The quantitative estimate of drug-likeness (QED) is 0.493. The molecule has 2 atom stereocenters. The first-order valence-electron chi connectivity index (χ1n) is 7.98. The maximum absolute atomic E-state index is 12.2. The number of hydroxylamine groups is 2. The van der Waals surface area contributed by atoms with Gasteiger partial charge in [0.25, 0.3) is 0 Å². The highest BCUT2D eigenvalue weighted by molar-refractivity contribution is 7.80. The number of urea groups is 1. The average Bonchev–Trinajstić information content (AvgIpc) is 3.14. The van der Waals surface area contributed by atoms with Crippen molar-refractivity contribution in [3.05, 3.63) is 11.9 Å². The van der Waals surface area contributed by atoms with Gasteiger partial charge in [-0.25, -0.2) is 9.59 Å². The molecule has 4 N–H and O–H groups in total. The zero-order chi connectivity index (χ0) is 22.0. The van der Waals surface area contributed by atoms with Crippen LogP contribution < -0.4 is 5.73 Å². The molecular weight excluding hydrogens is 429 g/mol. The number of hydrogen-bond acceptors (Lipinski definition) is 8. The number of nitrogens with zero attached hydrogens (tertiary/aromatic N) is 5. The topological polar surface area (TPSA) is 181 Å². The summed E-state index contributed by atoms with van der Waals surface area (Å²) in [6.45, 7) is 1.06. The Balaban J connectivity index is 0.000000370. The van der Waals surface area contributed by atoms with E-state index in [0.29, 0.717) is 31.6 Å². The van der Waals surface area contributed by atoms with Crippen LogP contribution >= 0.6 is 0 Å². The van der Waals surface area contributed by atoms with Crippen LogP contribution in [0.4, 0.5) is 18.0 Å². The molecule has 1 aromatic rings. The van der Waals surface area contributed by atoms with Gasteiger partial charge in [-0.2, -0.15) is 26.7 Å². The fourth-order valence-electron chi connectivity index (χ4n) is 2.84. The number of piperidine rings is 1. The van der Waals surface area contributed by atoms with Crippen LogP contribution in [0.5, 0.6) is 0 Å². The van der Waals surface area contributed by atoms with Crippen molar-refractivity contribution >= 4 is 22.4 Å². The van der Waals surface area contributed by atoms with E-state index in [1.54, 1.807) is 10.9 Å². The Morgan fingerprint density at radius 2 is 2.00 bits per heavy atom. The standard InChI is InChI=1S/C10H16N6O5S.C2HF3O2/c11-3-7-4-14(13-12-7)5-8-1-2-9-6-15(8)10(17)16(9)21-22(18,19)20;3-2(4,5)1(6)7/h4,8-9H,1-3,5-6,11H2,(H,18,19,20);(H,6,7)/t8-,9+;/m0./s1. The highest BCUT2D eigenvalue weighted by Gasteiger charge is 2.47. The van der Waals surface area contributed by atoms with Crippen LogP contribution in [0.3, 0.4) is 0 Å². The molecule has 2 bridgehead atoms. The third-order valence-electron chi connectivity index (χ3n) is 4.06. The smallest absolute Gasteiger partial charge is 0.475 e. The number of halogens is 3. The number of aromatic nitrogens is 3. The van der Waals surface area contributed by atoms with Crippen LogP contribution in [-0.4, -0.2) is 79.8 Å². The Kier molecular flexibility index (Phi) is 6.66. The number of carbonyl (C=O) groups excluding carboxylic acids is 1. The molecule has 0 saturated carbocycles. The number of aliphatic carboxylic acids is 1. The summed E-state index contributed by atoms with van der Waals surface area (Å²) in [5.41, 5.74) is 6.12. The van der Waals surface area contributed by atoms with Gasteiger partial charge in [0.15, 0.2) is 0 Å². The van der Waals surface area contributed by atoms with E-state index >= 15 is 0 Å². The van der Waals surface area contributed by atoms with Crippen LogP contribution in [0.2, 0.25) is 0 Å². The Bertz CT molecular complexity index is 860. The average molecular weight is 446 g/mol. The maximum Gasteiger partial charge on any atom is 0.490 e. The van der Waals surface area contributed by atoms with Gasteiger partial charge in [0.05, 0.1) is 24.3 Å². The number of fused-ring (bicyclic) bond motifs is 2. The molecule has 2 saturated heterocycles. The summed E-state index contributed by atoms with van der Waals surface area (Å²) in [7, 11) is -4.72. The van der Waals surface area contributed by atoms with E-state index in [1.165, 1.54) is 4.90 Å². The number of carboxylic acids is 1. The summed E-state index contributed by atoms with van der Waals surface area (Å²) < 4.78 is 68.1. The first kappa shape index (κ1) is 22.8. The van der Waals surface area contributed by atoms with Gasteiger partial charge in [-0.15, -0.1) is 9.38 Å². The molecule has 2 aliphatic rings. The lowest BCUT2D eigenvalue weighted by Gasteiger charge is -2.29. The molecule has 2 fully saturated rings. The molecule has 13 nitrogen and oxygen atoms in total. The molecule has 17 heteroatoms. The summed E-state index contributed by atoms with van der Waals surface area (Å²) in [5.74, 6) is -2.76. The number of carboxylic acid groups (broad SMARTS) is 1. The number of carbonyl (C=O) groups is 2. The minimum Gasteiger partial charge on any atom is -0.475 e. The summed E-state index contributed by atoms with van der Waals surface area (Å²) in [5, 5.41) is 15.7. The Labute approximate surface area is 161 Å². The van der Waals surface area contributed by atoms with Crippen molar-refractivity contribution in [1.29, 1.82) is 0 Å². The predicted molar refractivity (Wildman–Crippen MR) is 85.0 cm³/mol. The molecule has 29 heavy (non-hydrogen) atoms. The molecule has 164 valence electrons. The minimum atomic E-state index is -5.08. The van der Waals surface area contributed by atoms with Crippen molar-refractivity contribution in [2.24, 2.45) is 5.73 Å². The van der Waals surface area contributed by atoms with Gasteiger partial charge in [-0.3, -0.25) is 9.23 Å². The minimum absolute atomic E-state index is 0.147. The Morgan fingerprint density at radius 1 is 1.38 bits per heavy atom. The monoisotopic (exact) mass is 446 g/mol.